The van der Waals surface area contributed by atoms with Crippen LogP contribution >= 0.6 is 11.3 Å². The molecule has 3 rings (SSSR count). The molecule has 1 unspecified atom stereocenters. The Morgan fingerprint density at radius 2 is 2.16 bits per heavy atom. The average molecular weight is 359 g/mol. The Bertz CT molecular complexity index is 804. The zero-order valence-electron chi connectivity index (χ0n) is 13.5. The molecule has 0 bridgehead atoms. The van der Waals surface area contributed by atoms with Gasteiger partial charge in [-0.2, -0.15) is 11.3 Å². The average Bonchev–Trinajstić information content (AvgIpc) is 3.11. The third kappa shape index (κ3) is 4.16. The van der Waals surface area contributed by atoms with Gasteiger partial charge >= 0.3 is 0 Å². The molecule has 1 atom stereocenters. The minimum atomic E-state index is -0.542. The largest absolute Gasteiger partial charge is 0.479 e. The molecule has 0 fully saturated rings. The van der Waals surface area contributed by atoms with Crippen LogP contribution < -0.4 is 20.7 Å². The minimum absolute atomic E-state index is 0.146. The van der Waals surface area contributed by atoms with Crippen LogP contribution in [0.4, 0.5) is 11.4 Å². The number of ether oxygens (including phenoxy) is 1. The lowest BCUT2D eigenvalue weighted by atomic mass is 10.2. The van der Waals surface area contributed by atoms with E-state index in [0.717, 1.165) is 0 Å². The minimum Gasteiger partial charge on any atom is -0.479 e. The second-order valence-corrected chi connectivity index (χ2v) is 6.31. The molecule has 2 heterocycles. The molecule has 0 radical (unpaired) electrons. The van der Waals surface area contributed by atoms with Gasteiger partial charge in [0.05, 0.1) is 5.69 Å². The summed E-state index contributed by atoms with van der Waals surface area (Å²) in [5.74, 6) is -0.0981. The molecule has 1 aromatic heterocycles. The van der Waals surface area contributed by atoms with Crippen molar-refractivity contribution in [3.8, 4) is 5.75 Å². The highest BCUT2D eigenvalue weighted by Gasteiger charge is 2.23. The summed E-state index contributed by atoms with van der Waals surface area (Å²) >= 11 is 1.44. The monoisotopic (exact) mass is 359 g/mol. The summed E-state index contributed by atoms with van der Waals surface area (Å²) in [4.78, 5) is 35.4. The quantitative estimate of drug-likeness (QED) is 0.763. The summed E-state index contributed by atoms with van der Waals surface area (Å²) in [6.45, 7) is 1.90. The van der Waals surface area contributed by atoms with Crippen molar-refractivity contribution < 1.29 is 19.1 Å². The topological polar surface area (TPSA) is 96.5 Å². The van der Waals surface area contributed by atoms with Gasteiger partial charge in [-0.1, -0.05) is 0 Å². The first-order valence-corrected chi connectivity index (χ1v) is 8.69. The van der Waals surface area contributed by atoms with Gasteiger partial charge in [-0.05, 0) is 36.6 Å². The number of amides is 3. The summed E-state index contributed by atoms with van der Waals surface area (Å²) in [5.41, 5.74) is 1.66. The molecule has 25 heavy (non-hydrogen) atoms. The van der Waals surface area contributed by atoms with E-state index in [4.69, 9.17) is 4.74 Å². The molecule has 3 N–H and O–H groups in total. The van der Waals surface area contributed by atoms with E-state index in [9.17, 15) is 14.4 Å². The van der Waals surface area contributed by atoms with Gasteiger partial charge in [0.1, 0.15) is 5.75 Å². The molecule has 1 aliphatic rings. The van der Waals surface area contributed by atoms with Gasteiger partial charge in [0, 0.05) is 29.6 Å². The van der Waals surface area contributed by atoms with Gasteiger partial charge in [0.15, 0.2) is 6.10 Å². The van der Waals surface area contributed by atoms with E-state index >= 15 is 0 Å². The Kier molecular flexibility index (Phi) is 4.99. The second kappa shape index (κ2) is 7.35. The fraction of sp³-hybridized carbons (Fsp3) is 0.235. The first-order chi connectivity index (χ1) is 12.0. The first-order valence-electron chi connectivity index (χ1n) is 7.75. The van der Waals surface area contributed by atoms with Gasteiger partial charge in [-0.15, -0.1) is 0 Å². The van der Waals surface area contributed by atoms with Crippen molar-refractivity contribution in [2.24, 2.45) is 0 Å². The second-order valence-electron chi connectivity index (χ2n) is 5.53. The summed E-state index contributed by atoms with van der Waals surface area (Å²) < 4.78 is 5.46. The molecule has 0 spiro atoms. The number of fused-ring (bicyclic) bond motifs is 1. The smallest absolute Gasteiger partial charge is 0.265 e. The van der Waals surface area contributed by atoms with Gasteiger partial charge in [-0.3, -0.25) is 14.4 Å². The standard InChI is InChI=1S/C17H17N3O4S/c1-10-16(22)20-13-8-12(2-3-14(13)24-10)19-15(21)4-6-18-17(23)11-5-7-25-9-11/h2-3,5,7-10H,4,6H2,1H3,(H,18,23)(H,19,21)(H,20,22). The van der Waals surface area contributed by atoms with Crippen LogP contribution in [0.25, 0.3) is 0 Å². The lowest BCUT2D eigenvalue weighted by Crippen LogP contribution is -2.34. The van der Waals surface area contributed by atoms with Crippen molar-refractivity contribution in [1.29, 1.82) is 0 Å². The van der Waals surface area contributed by atoms with Gasteiger partial charge in [0.2, 0.25) is 5.91 Å². The van der Waals surface area contributed by atoms with Crippen LogP contribution in [0.3, 0.4) is 0 Å². The number of hydrogen-bond donors (Lipinski definition) is 3. The third-order valence-corrected chi connectivity index (χ3v) is 4.30. The molecule has 0 aliphatic carbocycles. The van der Waals surface area contributed by atoms with Crippen molar-refractivity contribution in [3.05, 3.63) is 40.6 Å². The molecule has 0 saturated heterocycles. The van der Waals surface area contributed by atoms with Crippen LogP contribution in [0.15, 0.2) is 35.0 Å². The van der Waals surface area contributed by atoms with Crippen LogP contribution in [0, 0.1) is 0 Å². The molecule has 7 nitrogen and oxygen atoms in total. The Morgan fingerprint density at radius 3 is 2.92 bits per heavy atom. The third-order valence-electron chi connectivity index (χ3n) is 3.62. The number of carbonyl (C=O) groups is 3. The summed E-state index contributed by atoms with van der Waals surface area (Å²) in [5, 5.41) is 11.7. The van der Waals surface area contributed by atoms with Crippen LogP contribution in [0.1, 0.15) is 23.7 Å². The Morgan fingerprint density at radius 1 is 1.32 bits per heavy atom. The maximum absolute atomic E-state index is 12.0. The number of carbonyl (C=O) groups excluding carboxylic acids is 3. The predicted molar refractivity (Wildman–Crippen MR) is 95.1 cm³/mol. The predicted octanol–water partition coefficient (Wildman–Crippen LogP) is 2.23. The number of anilines is 2. The highest BCUT2D eigenvalue weighted by molar-refractivity contribution is 7.08. The van der Waals surface area contributed by atoms with Gasteiger partial charge < -0.3 is 20.7 Å². The number of thiophene rings is 1. The Balaban J connectivity index is 1.51. The van der Waals surface area contributed by atoms with Crippen molar-refractivity contribution in [1.82, 2.24) is 5.32 Å². The van der Waals surface area contributed by atoms with Crippen molar-refractivity contribution >= 4 is 40.4 Å². The van der Waals surface area contributed by atoms with E-state index < -0.39 is 6.10 Å². The highest BCUT2D eigenvalue weighted by Crippen LogP contribution is 2.32. The number of benzene rings is 1. The zero-order valence-corrected chi connectivity index (χ0v) is 14.3. The fourth-order valence-electron chi connectivity index (χ4n) is 2.30. The number of nitrogens with one attached hydrogen (secondary N) is 3. The van der Waals surface area contributed by atoms with Crippen LogP contribution in [0.5, 0.6) is 5.75 Å². The van der Waals surface area contributed by atoms with Crippen LogP contribution in [-0.2, 0) is 9.59 Å². The van der Waals surface area contributed by atoms with E-state index in [1.165, 1.54) is 11.3 Å². The molecule has 1 aliphatic heterocycles. The highest BCUT2D eigenvalue weighted by atomic mass is 32.1. The summed E-state index contributed by atoms with van der Waals surface area (Å²) in [7, 11) is 0. The number of hydrogen-bond acceptors (Lipinski definition) is 5. The van der Waals surface area contributed by atoms with Gasteiger partial charge in [0.25, 0.3) is 11.8 Å². The summed E-state index contributed by atoms with van der Waals surface area (Å²) in [6.07, 6.45) is -0.396. The normalized spacial score (nSPS) is 15.6. The van der Waals surface area contributed by atoms with Crippen LogP contribution in [-0.4, -0.2) is 30.4 Å². The molecule has 130 valence electrons. The van der Waals surface area contributed by atoms with Crippen molar-refractivity contribution in [2.75, 3.05) is 17.2 Å². The molecular weight excluding hydrogens is 342 g/mol. The van der Waals surface area contributed by atoms with Crippen molar-refractivity contribution in [2.45, 2.75) is 19.4 Å². The molecule has 8 heteroatoms. The van der Waals surface area contributed by atoms with E-state index in [1.54, 1.807) is 36.6 Å². The van der Waals surface area contributed by atoms with Crippen molar-refractivity contribution in [3.63, 3.8) is 0 Å². The van der Waals surface area contributed by atoms with E-state index in [0.29, 0.717) is 22.7 Å². The van der Waals surface area contributed by atoms with E-state index in [2.05, 4.69) is 16.0 Å². The number of rotatable bonds is 5. The first kappa shape index (κ1) is 17.0. The summed E-state index contributed by atoms with van der Waals surface area (Å²) in [6, 6.07) is 6.76. The maximum Gasteiger partial charge on any atom is 0.265 e. The van der Waals surface area contributed by atoms with E-state index in [-0.39, 0.29) is 30.7 Å². The lowest BCUT2D eigenvalue weighted by Gasteiger charge is -2.23. The lowest BCUT2D eigenvalue weighted by molar-refractivity contribution is -0.122. The van der Waals surface area contributed by atoms with E-state index in [1.807, 2.05) is 5.38 Å². The molecular formula is C17H17N3O4S. The fourth-order valence-corrected chi connectivity index (χ4v) is 2.93. The molecule has 3 amide bonds. The molecule has 0 saturated carbocycles. The zero-order chi connectivity index (χ0) is 17.8. The Labute approximate surface area is 148 Å². The van der Waals surface area contributed by atoms with Crippen LogP contribution in [0.2, 0.25) is 0 Å². The molecule has 1 aromatic carbocycles. The maximum atomic E-state index is 12.0. The van der Waals surface area contributed by atoms with Gasteiger partial charge in [-0.25, -0.2) is 0 Å². The Hall–Kier alpha value is -2.87. The SMILES string of the molecule is CC1Oc2ccc(NC(=O)CCNC(=O)c3ccsc3)cc2NC1=O. The molecule has 2 aromatic rings.